The number of benzene rings is 3. The zero-order chi connectivity index (χ0) is 28.1. The lowest BCUT2D eigenvalue weighted by molar-refractivity contribution is 0.0646. The highest BCUT2D eigenvalue weighted by molar-refractivity contribution is 5.92. The molecular weight excluding hydrogens is 502 g/mol. The van der Waals surface area contributed by atoms with Crippen molar-refractivity contribution in [2.75, 3.05) is 20.8 Å². The summed E-state index contributed by atoms with van der Waals surface area (Å²) in [4.78, 5) is 17.0. The summed E-state index contributed by atoms with van der Waals surface area (Å²) in [6.07, 6.45) is 0.698. The molecule has 0 saturated carbocycles. The first-order valence-electron chi connectivity index (χ1n) is 12.9. The summed E-state index contributed by atoms with van der Waals surface area (Å²) in [5.74, 6) is -1.13. The molecule has 2 heterocycles. The Bertz CT molecular complexity index is 1560. The second kappa shape index (κ2) is 10.0. The average molecular weight is 535 g/mol. The number of nitrogens with one attached hydrogen (secondary N) is 1. The maximum Gasteiger partial charge on any atom is 0.339 e. The average Bonchev–Trinajstić information content (AvgIpc) is 3.26. The Balaban J connectivity index is 1.70. The molecule has 3 aromatic carbocycles. The van der Waals surface area contributed by atoms with E-state index >= 15 is 8.78 Å². The maximum atomic E-state index is 16.3. The fourth-order valence-corrected chi connectivity index (χ4v) is 5.74. The molecule has 1 aliphatic rings. The van der Waals surface area contributed by atoms with E-state index in [1.807, 2.05) is 36.1 Å². The number of fused-ring (bicyclic) bond motifs is 3. The highest BCUT2D eigenvalue weighted by Gasteiger charge is 2.41. The molecule has 0 bridgehead atoms. The number of hydrogen-bond acceptors (Lipinski definition) is 4. The van der Waals surface area contributed by atoms with Crippen LogP contribution in [0.2, 0.25) is 0 Å². The summed E-state index contributed by atoms with van der Waals surface area (Å²) in [5.41, 5.74) is 2.76. The predicted octanol–water partition coefficient (Wildman–Crippen LogP) is 6.77. The Morgan fingerprint density at radius 1 is 1.08 bits per heavy atom. The van der Waals surface area contributed by atoms with Crippen LogP contribution in [0.5, 0.6) is 11.5 Å². The number of alkyl halides is 1. The summed E-state index contributed by atoms with van der Waals surface area (Å²) in [6, 6.07) is 15.0. The third-order valence-electron chi connectivity index (χ3n) is 7.43. The van der Waals surface area contributed by atoms with Gasteiger partial charge in [0.05, 0.1) is 25.8 Å². The molecule has 5 rings (SSSR count). The SMILES string of the molecule is COc1cc(-c2cc(F)c([C@@H]3c4[nH]c5ccccc5c4C[C@@H](C)N3CC(C)(C)F)c(OC)c2)ccc1C(=O)O. The fourth-order valence-electron chi connectivity index (χ4n) is 5.74. The molecule has 1 aromatic heterocycles. The van der Waals surface area contributed by atoms with Crippen molar-refractivity contribution in [2.24, 2.45) is 0 Å². The van der Waals surface area contributed by atoms with Gasteiger partial charge in [-0.05, 0) is 74.2 Å². The van der Waals surface area contributed by atoms with Crippen LogP contribution in [0.15, 0.2) is 54.6 Å². The Kier molecular flexibility index (Phi) is 6.84. The molecule has 1 aliphatic heterocycles. The van der Waals surface area contributed by atoms with E-state index in [4.69, 9.17) is 9.47 Å². The van der Waals surface area contributed by atoms with Crippen molar-refractivity contribution in [3.8, 4) is 22.6 Å². The largest absolute Gasteiger partial charge is 0.496 e. The minimum atomic E-state index is -1.51. The third-order valence-corrected chi connectivity index (χ3v) is 7.43. The number of carbonyl (C=O) groups is 1. The van der Waals surface area contributed by atoms with Gasteiger partial charge in [-0.1, -0.05) is 24.3 Å². The van der Waals surface area contributed by atoms with Gasteiger partial charge in [0.2, 0.25) is 0 Å². The van der Waals surface area contributed by atoms with Crippen molar-refractivity contribution in [3.05, 3.63) is 82.8 Å². The van der Waals surface area contributed by atoms with Crippen LogP contribution in [0.4, 0.5) is 8.78 Å². The van der Waals surface area contributed by atoms with Crippen molar-refractivity contribution in [1.29, 1.82) is 0 Å². The van der Waals surface area contributed by atoms with Gasteiger partial charge >= 0.3 is 5.97 Å². The van der Waals surface area contributed by atoms with Gasteiger partial charge in [0.15, 0.2) is 0 Å². The number of hydrogen-bond donors (Lipinski definition) is 2. The van der Waals surface area contributed by atoms with Gasteiger partial charge in [-0.3, -0.25) is 4.90 Å². The summed E-state index contributed by atoms with van der Waals surface area (Å²) in [7, 11) is 2.87. The Morgan fingerprint density at radius 2 is 1.77 bits per heavy atom. The number of carboxylic acids is 1. The van der Waals surface area contributed by atoms with Gasteiger partial charge in [0.1, 0.15) is 28.5 Å². The first kappa shape index (κ1) is 26.7. The molecule has 39 heavy (non-hydrogen) atoms. The number of para-hydroxylation sites is 1. The first-order valence-corrected chi connectivity index (χ1v) is 12.9. The molecule has 0 fully saturated rings. The van der Waals surface area contributed by atoms with Crippen LogP contribution < -0.4 is 9.47 Å². The number of aromatic amines is 1. The Labute approximate surface area is 226 Å². The van der Waals surface area contributed by atoms with Gasteiger partial charge in [0, 0.05) is 29.2 Å². The topological polar surface area (TPSA) is 74.8 Å². The van der Waals surface area contributed by atoms with E-state index in [0.29, 0.717) is 28.9 Å². The number of nitrogens with zero attached hydrogens (tertiary/aromatic N) is 1. The molecule has 8 heteroatoms. The van der Waals surface area contributed by atoms with E-state index in [2.05, 4.69) is 4.98 Å². The van der Waals surface area contributed by atoms with Crippen molar-refractivity contribution in [2.45, 2.75) is 44.9 Å². The second-order valence-electron chi connectivity index (χ2n) is 10.7. The molecule has 0 amide bonds. The lowest BCUT2D eigenvalue weighted by atomic mass is 9.86. The number of aromatic carboxylic acids is 1. The number of rotatable bonds is 7. The number of methoxy groups -OCH3 is 2. The van der Waals surface area contributed by atoms with Gasteiger partial charge in [0.25, 0.3) is 0 Å². The van der Waals surface area contributed by atoms with E-state index < -0.39 is 23.5 Å². The van der Waals surface area contributed by atoms with E-state index in [-0.39, 0.29) is 23.9 Å². The highest BCUT2D eigenvalue weighted by Crippen LogP contribution is 2.46. The van der Waals surface area contributed by atoms with E-state index in [0.717, 1.165) is 22.2 Å². The summed E-state index contributed by atoms with van der Waals surface area (Å²) in [5, 5.41) is 10.5. The zero-order valence-electron chi connectivity index (χ0n) is 22.6. The van der Waals surface area contributed by atoms with Gasteiger partial charge < -0.3 is 19.6 Å². The van der Waals surface area contributed by atoms with Crippen LogP contribution >= 0.6 is 0 Å². The lowest BCUT2D eigenvalue weighted by Crippen LogP contribution is -2.48. The quantitative estimate of drug-likeness (QED) is 0.274. The molecule has 0 unspecified atom stereocenters. The first-order chi connectivity index (χ1) is 18.5. The van der Waals surface area contributed by atoms with Crippen LogP contribution in [0.25, 0.3) is 22.0 Å². The number of halogens is 2. The molecule has 6 nitrogen and oxygen atoms in total. The highest BCUT2D eigenvalue weighted by atomic mass is 19.1. The van der Waals surface area contributed by atoms with Crippen LogP contribution in [-0.2, 0) is 6.42 Å². The van der Waals surface area contributed by atoms with Gasteiger partial charge in [-0.2, -0.15) is 0 Å². The second-order valence-corrected chi connectivity index (χ2v) is 10.7. The number of carboxylic acid groups (broad SMARTS) is 1. The summed E-state index contributed by atoms with van der Waals surface area (Å²) < 4.78 is 42.4. The van der Waals surface area contributed by atoms with Crippen LogP contribution in [0.3, 0.4) is 0 Å². The molecule has 4 aromatic rings. The number of ether oxygens (including phenoxy) is 2. The van der Waals surface area contributed by atoms with Gasteiger partial charge in [-0.25, -0.2) is 13.6 Å². The summed E-state index contributed by atoms with van der Waals surface area (Å²) in [6.45, 7) is 5.20. The predicted molar refractivity (Wildman–Crippen MR) is 147 cm³/mol. The van der Waals surface area contributed by atoms with E-state index in [1.165, 1.54) is 40.2 Å². The molecule has 0 radical (unpaired) electrons. The molecule has 0 spiro atoms. The summed E-state index contributed by atoms with van der Waals surface area (Å²) >= 11 is 0. The van der Waals surface area contributed by atoms with Crippen molar-refractivity contribution < 1.29 is 28.2 Å². The van der Waals surface area contributed by atoms with E-state index in [1.54, 1.807) is 18.2 Å². The molecule has 2 N–H and O–H groups in total. The smallest absolute Gasteiger partial charge is 0.339 e. The molecular formula is C31H32F2N2O4. The van der Waals surface area contributed by atoms with Crippen molar-refractivity contribution in [3.63, 3.8) is 0 Å². The van der Waals surface area contributed by atoms with Gasteiger partial charge in [-0.15, -0.1) is 0 Å². The maximum absolute atomic E-state index is 16.3. The Morgan fingerprint density at radius 3 is 2.44 bits per heavy atom. The van der Waals surface area contributed by atoms with Crippen LogP contribution in [0.1, 0.15) is 54.0 Å². The monoisotopic (exact) mass is 534 g/mol. The number of H-pyrrole nitrogens is 1. The van der Waals surface area contributed by atoms with E-state index in [9.17, 15) is 9.90 Å². The fraction of sp³-hybridized carbons (Fsp3) is 0.323. The third kappa shape index (κ3) is 4.85. The molecule has 0 saturated heterocycles. The lowest BCUT2D eigenvalue weighted by Gasteiger charge is -2.43. The Hall–Kier alpha value is -3.91. The normalized spacial score (nSPS) is 17.7. The van der Waals surface area contributed by atoms with Crippen molar-refractivity contribution in [1.82, 2.24) is 9.88 Å². The standard InChI is InChI=1S/C31H32F2N2O4/c1-17-12-22-20-8-6-7-9-24(20)34-28(22)29(35(17)16-31(2,3)33)27-23(32)13-19(15-26(27)39-5)18-10-11-21(30(36)37)25(14-18)38-4/h6-11,13-15,17,29,34H,12,16H2,1-5H3,(H,36,37)/t17-,29-/m1/s1. The molecule has 2 atom stereocenters. The van der Waals surface area contributed by atoms with Crippen molar-refractivity contribution >= 4 is 16.9 Å². The van der Waals surface area contributed by atoms with Crippen LogP contribution in [-0.4, -0.2) is 53.4 Å². The zero-order valence-corrected chi connectivity index (χ0v) is 22.6. The number of aromatic nitrogens is 1. The van der Waals surface area contributed by atoms with Crippen LogP contribution in [0, 0.1) is 5.82 Å². The molecule has 204 valence electrons. The minimum absolute atomic E-state index is 0.0114. The minimum Gasteiger partial charge on any atom is -0.496 e. The molecule has 0 aliphatic carbocycles.